The molecule has 202 valence electrons. The van der Waals surface area contributed by atoms with Crippen LogP contribution >= 0.6 is 0 Å². The molecule has 0 fully saturated rings. The molecule has 1 unspecified atom stereocenters. The number of carbonyl (C=O) groups is 2. The summed E-state index contributed by atoms with van der Waals surface area (Å²) in [6, 6.07) is 9.78. The van der Waals surface area contributed by atoms with Crippen LogP contribution in [0.2, 0.25) is 0 Å². The van der Waals surface area contributed by atoms with Crippen molar-refractivity contribution in [3.8, 4) is 17.2 Å². The molecule has 1 heterocycles. The van der Waals surface area contributed by atoms with Gasteiger partial charge in [-0.25, -0.2) is 18.0 Å². The van der Waals surface area contributed by atoms with Crippen molar-refractivity contribution in [2.24, 2.45) is 5.92 Å². The summed E-state index contributed by atoms with van der Waals surface area (Å²) >= 11 is 0. The average molecular weight is 538 g/mol. The fourth-order valence-electron chi connectivity index (χ4n) is 3.79. The molecule has 0 aromatic heterocycles. The zero-order chi connectivity index (χ0) is 27.2. The lowest BCUT2D eigenvalue weighted by atomic mass is 10.0. The highest BCUT2D eigenvalue weighted by Gasteiger charge is 2.30. The lowest BCUT2D eigenvalue weighted by molar-refractivity contribution is -0.0984. The predicted molar refractivity (Wildman–Crippen MR) is 131 cm³/mol. The Kier molecular flexibility index (Phi) is 9.18. The van der Waals surface area contributed by atoms with Gasteiger partial charge in [-0.3, -0.25) is 5.21 Å². The Balaban J connectivity index is 1.78. The van der Waals surface area contributed by atoms with E-state index in [1.807, 2.05) is 13.8 Å². The number of ether oxygens (including phenoxy) is 3. The zero-order valence-corrected chi connectivity index (χ0v) is 21.6. The van der Waals surface area contributed by atoms with Crippen LogP contribution in [0.4, 0.5) is 9.59 Å². The molecule has 0 spiro atoms. The number of hydrogen-bond donors (Lipinski definition) is 3. The van der Waals surface area contributed by atoms with Crippen molar-refractivity contribution in [2.75, 3.05) is 26.9 Å². The van der Waals surface area contributed by atoms with Crippen LogP contribution in [0.5, 0.6) is 17.2 Å². The van der Waals surface area contributed by atoms with Gasteiger partial charge >= 0.3 is 12.2 Å². The third-order valence-corrected chi connectivity index (χ3v) is 7.47. The summed E-state index contributed by atoms with van der Waals surface area (Å²) in [5.74, 6) is 1.06. The van der Waals surface area contributed by atoms with Crippen molar-refractivity contribution in [2.45, 2.75) is 37.6 Å². The standard InChI is InChI=1S/C24H31N3O9S/c1-16(2)14-26(37(32,33)20-8-9-21-22(13-20)35-15-34-21)11-10-18(27(31)24(29)30)12-17-4-6-19(7-5-17)36-23(28)25-3/h4-9,13,16,18,31H,10-12,14-15H2,1-3H3,(H,25,28)(H,29,30). The SMILES string of the molecule is CNC(=O)Oc1ccc(CC(CCN(CC(C)C)S(=O)(=O)c2ccc3c(c2)OCO3)N(O)C(=O)O)cc1. The van der Waals surface area contributed by atoms with Gasteiger partial charge in [0, 0.05) is 26.2 Å². The van der Waals surface area contributed by atoms with Crippen LogP contribution in [0, 0.1) is 5.92 Å². The summed E-state index contributed by atoms with van der Waals surface area (Å²) in [5.41, 5.74) is 0.656. The number of nitrogens with one attached hydrogen (secondary N) is 1. The number of carboxylic acid groups (broad SMARTS) is 1. The Morgan fingerprint density at radius 2 is 1.78 bits per heavy atom. The first kappa shape index (κ1) is 28.0. The molecular formula is C24H31N3O9S. The number of rotatable bonds is 11. The second kappa shape index (κ2) is 12.1. The van der Waals surface area contributed by atoms with E-state index in [0.717, 1.165) is 0 Å². The first-order valence-corrected chi connectivity index (χ1v) is 13.0. The fourth-order valence-corrected chi connectivity index (χ4v) is 5.42. The number of fused-ring (bicyclic) bond motifs is 1. The van der Waals surface area contributed by atoms with Gasteiger partial charge in [0.15, 0.2) is 11.5 Å². The molecule has 13 heteroatoms. The van der Waals surface area contributed by atoms with Gasteiger partial charge in [-0.15, -0.1) is 0 Å². The van der Waals surface area contributed by atoms with Crippen molar-refractivity contribution in [3.05, 3.63) is 48.0 Å². The summed E-state index contributed by atoms with van der Waals surface area (Å²) in [6.07, 6.45) is -2.07. The lowest BCUT2D eigenvalue weighted by Crippen LogP contribution is -2.42. The molecule has 37 heavy (non-hydrogen) atoms. The molecule has 0 bridgehead atoms. The summed E-state index contributed by atoms with van der Waals surface area (Å²) in [5, 5.41) is 22.1. The van der Waals surface area contributed by atoms with Crippen LogP contribution in [0.1, 0.15) is 25.8 Å². The van der Waals surface area contributed by atoms with E-state index in [1.54, 1.807) is 24.3 Å². The Morgan fingerprint density at radius 3 is 2.41 bits per heavy atom. The molecule has 0 aliphatic carbocycles. The molecular weight excluding hydrogens is 506 g/mol. The molecule has 3 N–H and O–H groups in total. The van der Waals surface area contributed by atoms with Gasteiger partial charge in [-0.1, -0.05) is 26.0 Å². The van der Waals surface area contributed by atoms with Crippen LogP contribution in [0.25, 0.3) is 0 Å². The molecule has 0 saturated carbocycles. The number of hydrogen-bond acceptors (Lipinski definition) is 8. The minimum Gasteiger partial charge on any atom is -0.463 e. The maximum atomic E-state index is 13.5. The maximum Gasteiger partial charge on any atom is 0.431 e. The quantitative estimate of drug-likeness (QED) is 0.290. The Morgan fingerprint density at radius 1 is 1.11 bits per heavy atom. The van der Waals surface area contributed by atoms with E-state index >= 15 is 0 Å². The molecule has 2 aromatic rings. The van der Waals surface area contributed by atoms with Crippen molar-refractivity contribution in [1.82, 2.24) is 14.7 Å². The van der Waals surface area contributed by atoms with E-state index in [-0.39, 0.29) is 54.4 Å². The van der Waals surface area contributed by atoms with Crippen LogP contribution in [-0.4, -0.2) is 73.3 Å². The molecule has 1 atom stereocenters. The van der Waals surface area contributed by atoms with Gasteiger partial charge in [0.25, 0.3) is 0 Å². The highest BCUT2D eigenvalue weighted by molar-refractivity contribution is 7.89. The number of nitrogens with zero attached hydrogens (tertiary/aromatic N) is 2. The summed E-state index contributed by atoms with van der Waals surface area (Å²) in [4.78, 5) is 22.9. The highest BCUT2D eigenvalue weighted by atomic mass is 32.2. The average Bonchev–Trinajstić information content (AvgIpc) is 3.34. The third-order valence-electron chi connectivity index (χ3n) is 5.61. The Hall–Kier alpha value is -3.55. The summed E-state index contributed by atoms with van der Waals surface area (Å²) in [7, 11) is -2.53. The fraction of sp³-hybridized carbons (Fsp3) is 0.417. The molecule has 2 amide bonds. The van der Waals surface area contributed by atoms with Crippen molar-refractivity contribution in [3.63, 3.8) is 0 Å². The van der Waals surface area contributed by atoms with Gasteiger partial charge in [-0.2, -0.15) is 9.37 Å². The van der Waals surface area contributed by atoms with Crippen LogP contribution < -0.4 is 19.5 Å². The molecule has 12 nitrogen and oxygen atoms in total. The van der Waals surface area contributed by atoms with Gasteiger partial charge < -0.3 is 24.6 Å². The molecule has 1 aliphatic heterocycles. The van der Waals surface area contributed by atoms with Crippen molar-refractivity contribution in [1.29, 1.82) is 0 Å². The Bertz CT molecular complexity index is 1200. The largest absolute Gasteiger partial charge is 0.463 e. The lowest BCUT2D eigenvalue weighted by Gasteiger charge is -2.28. The van der Waals surface area contributed by atoms with Crippen LogP contribution in [0.3, 0.4) is 0 Å². The van der Waals surface area contributed by atoms with Gasteiger partial charge in [0.05, 0.1) is 10.9 Å². The first-order valence-electron chi connectivity index (χ1n) is 11.6. The number of sulfonamides is 1. The third kappa shape index (κ3) is 7.24. The number of hydroxylamine groups is 2. The maximum absolute atomic E-state index is 13.5. The van der Waals surface area contributed by atoms with E-state index in [1.165, 1.54) is 29.6 Å². The number of carbonyl (C=O) groups excluding carboxylic acids is 1. The minimum absolute atomic E-state index is 0.0106. The first-order chi connectivity index (χ1) is 17.5. The highest BCUT2D eigenvalue weighted by Crippen LogP contribution is 2.35. The van der Waals surface area contributed by atoms with Gasteiger partial charge in [0.1, 0.15) is 5.75 Å². The van der Waals surface area contributed by atoms with E-state index in [0.29, 0.717) is 17.1 Å². The van der Waals surface area contributed by atoms with E-state index < -0.39 is 28.3 Å². The predicted octanol–water partition coefficient (Wildman–Crippen LogP) is 3.15. The van der Waals surface area contributed by atoms with Gasteiger partial charge in [0.2, 0.25) is 16.8 Å². The number of amides is 2. The second-order valence-corrected chi connectivity index (χ2v) is 10.8. The molecule has 2 aromatic carbocycles. The monoisotopic (exact) mass is 537 g/mol. The molecule has 3 rings (SSSR count). The van der Waals surface area contributed by atoms with E-state index in [2.05, 4.69) is 5.32 Å². The zero-order valence-electron chi connectivity index (χ0n) is 20.8. The molecule has 0 radical (unpaired) electrons. The van der Waals surface area contributed by atoms with Crippen molar-refractivity contribution < 1.29 is 42.5 Å². The van der Waals surface area contributed by atoms with Crippen LogP contribution in [0.15, 0.2) is 47.4 Å². The normalized spacial score (nSPS) is 13.5. The molecule has 1 aliphatic rings. The minimum atomic E-state index is -3.96. The summed E-state index contributed by atoms with van der Waals surface area (Å²) in [6.45, 7) is 3.90. The second-order valence-electron chi connectivity index (χ2n) is 8.83. The van der Waals surface area contributed by atoms with E-state index in [4.69, 9.17) is 14.2 Å². The van der Waals surface area contributed by atoms with Crippen LogP contribution in [-0.2, 0) is 16.4 Å². The van der Waals surface area contributed by atoms with Gasteiger partial charge in [-0.05, 0) is 48.6 Å². The Labute approximate surface area is 215 Å². The smallest absolute Gasteiger partial charge is 0.431 e. The van der Waals surface area contributed by atoms with E-state index in [9.17, 15) is 28.3 Å². The van der Waals surface area contributed by atoms with Crippen molar-refractivity contribution >= 4 is 22.2 Å². The molecule has 0 saturated heterocycles. The summed E-state index contributed by atoms with van der Waals surface area (Å²) < 4.78 is 43.9. The topological polar surface area (TPSA) is 155 Å². The number of benzene rings is 2.